The minimum absolute atomic E-state index is 0.169. The van der Waals surface area contributed by atoms with Gasteiger partial charge in [0.25, 0.3) is 0 Å². The maximum absolute atomic E-state index is 12.4. The molecule has 0 radical (unpaired) electrons. The van der Waals surface area contributed by atoms with E-state index in [4.69, 9.17) is 0 Å². The molecule has 0 amide bonds. The largest absolute Gasteiger partial charge is 0.330 e. The second-order valence-corrected chi connectivity index (χ2v) is 11.5. The highest BCUT2D eigenvalue weighted by Crippen LogP contribution is 2.17. The molecular weight excluding hydrogens is 412 g/mol. The Hall–Kier alpha value is -0.820. The van der Waals surface area contributed by atoms with Gasteiger partial charge in [-0.2, -0.15) is 0 Å². The second-order valence-electron chi connectivity index (χ2n) is 9.12. The Labute approximate surface area is 193 Å². The van der Waals surface area contributed by atoms with Gasteiger partial charge in [0, 0.05) is 18.9 Å². The van der Waals surface area contributed by atoms with Crippen molar-refractivity contribution >= 4 is 33.8 Å². The van der Waals surface area contributed by atoms with E-state index in [9.17, 15) is 9.59 Å². The highest BCUT2D eigenvalue weighted by Gasteiger charge is 2.24. The van der Waals surface area contributed by atoms with Crippen molar-refractivity contribution in [3.05, 3.63) is 35.4 Å². The predicted octanol–water partition coefficient (Wildman–Crippen LogP) is 4.73. The van der Waals surface area contributed by atoms with E-state index >= 15 is 0 Å². The maximum Gasteiger partial charge on any atom is 0.219 e. The molecule has 170 valence electrons. The van der Waals surface area contributed by atoms with Gasteiger partial charge in [-0.25, -0.2) is 0 Å². The Morgan fingerprint density at radius 3 is 2.03 bits per heavy atom. The molecule has 0 fully saturated rings. The highest BCUT2D eigenvalue weighted by molar-refractivity contribution is 8.14. The average molecular weight is 455 g/mol. The van der Waals surface area contributed by atoms with E-state index in [-0.39, 0.29) is 10.2 Å². The lowest BCUT2D eigenvalue weighted by Crippen LogP contribution is -2.50. The number of carbonyl (C=O) groups excluding carboxylic acids is 2. The first-order valence-electron chi connectivity index (χ1n) is 11.2. The Bertz CT molecular complexity index is 656. The molecule has 0 N–H and O–H groups in total. The van der Waals surface area contributed by atoms with Crippen LogP contribution in [-0.4, -0.2) is 84.6 Å². The molecule has 0 spiro atoms. The van der Waals surface area contributed by atoms with Gasteiger partial charge < -0.3 is 8.97 Å². The normalized spacial score (nSPS) is 13.8. The zero-order chi connectivity index (χ0) is 22.6. The van der Waals surface area contributed by atoms with Gasteiger partial charge in [0.2, 0.25) is 5.12 Å². The fourth-order valence-corrected chi connectivity index (χ4v) is 5.48. The lowest BCUT2D eigenvalue weighted by Gasteiger charge is -2.38. The van der Waals surface area contributed by atoms with Crippen LogP contribution >= 0.6 is 23.5 Å². The summed E-state index contributed by atoms with van der Waals surface area (Å²) in [7, 11) is 6.44. The van der Waals surface area contributed by atoms with Gasteiger partial charge >= 0.3 is 0 Å². The number of carbonyl (C=O) groups is 2. The average Bonchev–Trinajstić information content (AvgIpc) is 2.67. The topological polar surface area (TPSA) is 34.1 Å². The van der Waals surface area contributed by atoms with Crippen LogP contribution in [0.4, 0.5) is 0 Å². The summed E-state index contributed by atoms with van der Waals surface area (Å²) < 4.78 is 1.97. The van der Waals surface area contributed by atoms with Crippen LogP contribution in [0.15, 0.2) is 24.3 Å². The van der Waals surface area contributed by atoms with Crippen LogP contribution in [0.5, 0.6) is 0 Å². The molecule has 1 unspecified atom stereocenters. The van der Waals surface area contributed by atoms with Crippen LogP contribution in [0, 0.1) is 0 Å². The number of thioether (sulfide) groups is 2. The molecule has 6 heteroatoms. The molecule has 30 heavy (non-hydrogen) atoms. The Morgan fingerprint density at radius 2 is 1.50 bits per heavy atom. The summed E-state index contributed by atoms with van der Waals surface area (Å²) in [5.41, 5.74) is 2.10. The van der Waals surface area contributed by atoms with Gasteiger partial charge in [0.1, 0.15) is 0 Å². The number of hydrogen-bond acceptors (Lipinski definition) is 4. The standard InChI is InChI=1S/C24H42N2O2S2/c1-7-15-26(8-2,18-20-29-21(3)27)16-9-10-22-11-13-23(14-12-22)24(28)30-19-17-25(4,5)6/h11-14H,7-10,15-20H2,1-6H3/q+2. The molecule has 0 aromatic heterocycles. The molecule has 4 nitrogen and oxygen atoms in total. The Balaban J connectivity index is 2.54. The molecule has 0 saturated heterocycles. The predicted molar refractivity (Wildman–Crippen MR) is 133 cm³/mol. The second kappa shape index (κ2) is 13.6. The zero-order valence-electron chi connectivity index (χ0n) is 19.9. The quantitative estimate of drug-likeness (QED) is 0.381. The molecule has 0 bridgehead atoms. The summed E-state index contributed by atoms with van der Waals surface area (Å²) in [5.74, 6) is 1.76. The summed E-state index contributed by atoms with van der Waals surface area (Å²) in [4.78, 5) is 23.7. The number of hydrogen-bond donors (Lipinski definition) is 0. The molecule has 0 aliphatic heterocycles. The van der Waals surface area contributed by atoms with Crippen LogP contribution in [-0.2, 0) is 11.2 Å². The molecular formula is C24H42N2O2S2+2. The van der Waals surface area contributed by atoms with Crippen molar-refractivity contribution in [2.45, 2.75) is 40.0 Å². The smallest absolute Gasteiger partial charge is 0.219 e. The fourth-order valence-electron chi connectivity index (χ4n) is 3.59. The molecule has 1 aromatic rings. The van der Waals surface area contributed by atoms with Crippen LogP contribution < -0.4 is 0 Å². The van der Waals surface area contributed by atoms with Crippen molar-refractivity contribution in [2.24, 2.45) is 0 Å². The first-order chi connectivity index (χ1) is 14.1. The number of aryl methyl sites for hydroxylation is 1. The van der Waals surface area contributed by atoms with Crippen LogP contribution in [0.3, 0.4) is 0 Å². The summed E-state index contributed by atoms with van der Waals surface area (Å²) in [6, 6.07) is 8.18. The minimum Gasteiger partial charge on any atom is -0.330 e. The van der Waals surface area contributed by atoms with Gasteiger partial charge in [-0.05, 0) is 25.3 Å². The molecule has 0 saturated carbocycles. The van der Waals surface area contributed by atoms with Crippen LogP contribution in [0.2, 0.25) is 0 Å². The highest BCUT2D eigenvalue weighted by atomic mass is 32.2. The SMILES string of the molecule is CCC[N+](CC)(CCCc1ccc(C(=O)SCC[N+](C)(C)C)cc1)CCSC(C)=O. The number of nitrogens with zero attached hydrogens (tertiary/aromatic N) is 2. The molecule has 1 rings (SSSR count). The van der Waals surface area contributed by atoms with E-state index in [1.165, 1.54) is 42.1 Å². The Morgan fingerprint density at radius 1 is 0.867 bits per heavy atom. The van der Waals surface area contributed by atoms with E-state index in [1.54, 1.807) is 6.92 Å². The van der Waals surface area contributed by atoms with E-state index in [0.717, 1.165) is 65.1 Å². The third-order valence-electron chi connectivity index (χ3n) is 5.52. The van der Waals surface area contributed by atoms with Crippen molar-refractivity contribution in [2.75, 3.05) is 65.4 Å². The van der Waals surface area contributed by atoms with E-state index in [1.807, 2.05) is 12.1 Å². The van der Waals surface area contributed by atoms with Gasteiger partial charge in [-0.3, -0.25) is 9.59 Å². The van der Waals surface area contributed by atoms with Gasteiger partial charge in [-0.1, -0.05) is 54.7 Å². The van der Waals surface area contributed by atoms with E-state index < -0.39 is 0 Å². The van der Waals surface area contributed by atoms with E-state index in [0.29, 0.717) is 0 Å². The Kier molecular flexibility index (Phi) is 12.3. The lowest BCUT2D eigenvalue weighted by atomic mass is 10.1. The van der Waals surface area contributed by atoms with Crippen molar-refractivity contribution in [3.8, 4) is 0 Å². The molecule has 0 aliphatic rings. The number of benzene rings is 1. The summed E-state index contributed by atoms with van der Waals surface area (Å²) >= 11 is 2.87. The first kappa shape index (κ1) is 27.2. The zero-order valence-corrected chi connectivity index (χ0v) is 21.5. The first-order valence-corrected chi connectivity index (χ1v) is 13.1. The van der Waals surface area contributed by atoms with Crippen molar-refractivity contribution < 1.29 is 18.6 Å². The molecule has 0 heterocycles. The summed E-state index contributed by atoms with van der Waals surface area (Å²) in [6.45, 7) is 11.6. The molecule has 0 aliphatic carbocycles. The van der Waals surface area contributed by atoms with Gasteiger partial charge in [0.15, 0.2) is 5.12 Å². The minimum atomic E-state index is 0.169. The monoisotopic (exact) mass is 454 g/mol. The maximum atomic E-state index is 12.4. The number of quaternary nitrogens is 2. The van der Waals surface area contributed by atoms with E-state index in [2.05, 4.69) is 47.1 Å². The van der Waals surface area contributed by atoms with Gasteiger partial charge in [-0.15, -0.1) is 0 Å². The van der Waals surface area contributed by atoms with Gasteiger partial charge in [0.05, 0.1) is 65.4 Å². The third kappa shape index (κ3) is 11.0. The van der Waals surface area contributed by atoms with Crippen molar-refractivity contribution in [1.82, 2.24) is 0 Å². The lowest BCUT2D eigenvalue weighted by molar-refractivity contribution is -0.924. The summed E-state index contributed by atoms with van der Waals surface area (Å²) in [6.07, 6.45) is 3.33. The molecule has 1 atom stereocenters. The summed E-state index contributed by atoms with van der Waals surface area (Å²) in [5, 5.41) is 0.383. The molecule has 1 aromatic carbocycles. The van der Waals surface area contributed by atoms with Crippen molar-refractivity contribution in [1.29, 1.82) is 0 Å². The van der Waals surface area contributed by atoms with Crippen LogP contribution in [0.25, 0.3) is 0 Å². The van der Waals surface area contributed by atoms with Crippen LogP contribution in [0.1, 0.15) is 49.5 Å². The number of rotatable bonds is 14. The fraction of sp³-hybridized carbons (Fsp3) is 0.667. The van der Waals surface area contributed by atoms with Crippen molar-refractivity contribution in [3.63, 3.8) is 0 Å². The third-order valence-corrected chi connectivity index (χ3v) is 7.20.